The van der Waals surface area contributed by atoms with E-state index in [2.05, 4.69) is 4.98 Å². The number of amides is 1. The Morgan fingerprint density at radius 2 is 2.12 bits per heavy atom. The van der Waals surface area contributed by atoms with Gasteiger partial charge < -0.3 is 9.47 Å². The molecule has 1 saturated heterocycles. The first-order valence-corrected chi connectivity index (χ1v) is 8.79. The smallest absolute Gasteiger partial charge is 0.242 e. The molecule has 5 nitrogen and oxygen atoms in total. The van der Waals surface area contributed by atoms with E-state index in [1.165, 1.54) is 11.8 Å². The molecule has 0 bridgehead atoms. The number of pyridine rings is 1. The topological polar surface area (TPSA) is 51.7 Å². The Labute approximate surface area is 149 Å². The summed E-state index contributed by atoms with van der Waals surface area (Å²) in [6.45, 7) is 0.717. The van der Waals surface area contributed by atoms with Gasteiger partial charge in [0.1, 0.15) is 4.32 Å². The van der Waals surface area contributed by atoms with Gasteiger partial charge in [0, 0.05) is 12.4 Å². The van der Waals surface area contributed by atoms with Gasteiger partial charge >= 0.3 is 0 Å². The van der Waals surface area contributed by atoms with Gasteiger partial charge in [-0.1, -0.05) is 36.1 Å². The third-order valence-corrected chi connectivity index (χ3v) is 5.51. The molecule has 24 heavy (non-hydrogen) atoms. The second-order valence-corrected chi connectivity index (χ2v) is 7.39. The Hall–Kier alpha value is -2.12. The summed E-state index contributed by atoms with van der Waals surface area (Å²) in [6.07, 6.45) is 4.08. The first kappa shape index (κ1) is 15.4. The predicted octanol–water partition coefficient (Wildman–Crippen LogP) is 2.78. The maximum Gasteiger partial charge on any atom is 0.242 e. The number of nitrogens with zero attached hydrogens (tertiary/aromatic N) is 2. The molecule has 0 radical (unpaired) electrons. The van der Waals surface area contributed by atoms with Crippen molar-refractivity contribution < 1.29 is 14.3 Å². The third-order valence-electron chi connectivity index (χ3n) is 3.93. The van der Waals surface area contributed by atoms with Gasteiger partial charge in [0.2, 0.25) is 12.7 Å². The van der Waals surface area contributed by atoms with Gasteiger partial charge in [-0.2, -0.15) is 0 Å². The number of carbonyl (C=O) groups excluding carboxylic acids is 1. The molecule has 2 aromatic rings. The fraction of sp³-hybridized carbons (Fsp3) is 0.235. The van der Waals surface area contributed by atoms with Crippen molar-refractivity contribution in [3.63, 3.8) is 0 Å². The van der Waals surface area contributed by atoms with Gasteiger partial charge in [0.15, 0.2) is 11.5 Å². The van der Waals surface area contributed by atoms with E-state index in [-0.39, 0.29) is 18.0 Å². The lowest BCUT2D eigenvalue weighted by molar-refractivity contribution is -0.126. The molecule has 0 unspecified atom stereocenters. The first-order valence-electron chi connectivity index (χ1n) is 7.50. The Morgan fingerprint density at radius 1 is 1.25 bits per heavy atom. The molecule has 2 aliphatic rings. The fourth-order valence-corrected chi connectivity index (χ4v) is 4.26. The number of hydrogen-bond acceptors (Lipinski definition) is 6. The highest BCUT2D eigenvalue weighted by Gasteiger charge is 2.37. The van der Waals surface area contributed by atoms with E-state index in [1.807, 2.05) is 30.3 Å². The maximum absolute atomic E-state index is 12.7. The number of thioether (sulfide) groups is 1. The summed E-state index contributed by atoms with van der Waals surface area (Å²) in [5, 5.41) is -0.199. The van der Waals surface area contributed by atoms with Gasteiger partial charge in [-0.15, -0.1) is 0 Å². The lowest BCUT2D eigenvalue weighted by Gasteiger charge is -2.15. The van der Waals surface area contributed by atoms with Crippen molar-refractivity contribution in [3.8, 4) is 11.5 Å². The van der Waals surface area contributed by atoms with E-state index in [9.17, 15) is 4.79 Å². The van der Waals surface area contributed by atoms with Crippen molar-refractivity contribution in [2.75, 3.05) is 6.79 Å². The van der Waals surface area contributed by atoms with Crippen LogP contribution in [0.4, 0.5) is 0 Å². The highest BCUT2D eigenvalue weighted by Crippen LogP contribution is 2.35. The standard InChI is InChI=1S/C17H14N2O3S2/c20-16-15(7-11-3-4-13-14(6-11)22-10-21-13)24-17(23)19(16)9-12-2-1-5-18-8-12/h1-6,8,15H,7,9-10H2/t15-/m0/s1. The lowest BCUT2D eigenvalue weighted by atomic mass is 10.1. The summed E-state index contributed by atoms with van der Waals surface area (Å²) < 4.78 is 11.3. The van der Waals surface area contributed by atoms with Crippen molar-refractivity contribution in [2.24, 2.45) is 0 Å². The van der Waals surface area contributed by atoms with Crippen molar-refractivity contribution in [1.82, 2.24) is 9.88 Å². The highest BCUT2D eigenvalue weighted by atomic mass is 32.2. The minimum atomic E-state index is -0.199. The van der Waals surface area contributed by atoms with Crippen LogP contribution >= 0.6 is 24.0 Å². The van der Waals surface area contributed by atoms with E-state index in [0.29, 0.717) is 17.3 Å². The number of thiocarbonyl (C=S) groups is 1. The van der Waals surface area contributed by atoms with Crippen molar-refractivity contribution in [2.45, 2.75) is 18.2 Å². The molecular weight excluding hydrogens is 344 g/mol. The zero-order valence-corrected chi connectivity index (χ0v) is 14.3. The van der Waals surface area contributed by atoms with E-state index in [1.54, 1.807) is 17.3 Å². The van der Waals surface area contributed by atoms with Crippen LogP contribution in [0.2, 0.25) is 0 Å². The normalized spacial score (nSPS) is 19.2. The molecule has 0 spiro atoms. The van der Waals surface area contributed by atoms with Gasteiger partial charge in [-0.05, 0) is 35.7 Å². The van der Waals surface area contributed by atoms with Crippen LogP contribution in [-0.4, -0.2) is 32.2 Å². The third kappa shape index (κ3) is 2.97. The average molecular weight is 358 g/mol. The van der Waals surface area contributed by atoms with Crippen LogP contribution in [0.3, 0.4) is 0 Å². The molecule has 3 heterocycles. The molecule has 0 N–H and O–H groups in total. The molecule has 1 atom stereocenters. The van der Waals surface area contributed by atoms with Gasteiger partial charge in [-0.3, -0.25) is 14.7 Å². The van der Waals surface area contributed by atoms with E-state index < -0.39 is 0 Å². The zero-order valence-electron chi connectivity index (χ0n) is 12.7. The molecule has 7 heteroatoms. The lowest BCUT2D eigenvalue weighted by Crippen LogP contribution is -2.31. The largest absolute Gasteiger partial charge is 0.454 e. The van der Waals surface area contributed by atoms with Crippen LogP contribution in [0.25, 0.3) is 0 Å². The van der Waals surface area contributed by atoms with Crippen LogP contribution in [0, 0.1) is 0 Å². The van der Waals surface area contributed by atoms with Crippen molar-refractivity contribution >= 4 is 34.2 Å². The van der Waals surface area contributed by atoms with Gasteiger partial charge in [0.05, 0.1) is 11.8 Å². The molecular formula is C17H14N2O3S2. The van der Waals surface area contributed by atoms with Crippen molar-refractivity contribution in [1.29, 1.82) is 0 Å². The monoisotopic (exact) mass is 358 g/mol. The molecule has 1 aromatic heterocycles. The Balaban J connectivity index is 1.47. The van der Waals surface area contributed by atoms with Crippen LogP contribution in [0.5, 0.6) is 11.5 Å². The summed E-state index contributed by atoms with van der Waals surface area (Å²) >= 11 is 6.84. The predicted molar refractivity (Wildman–Crippen MR) is 95.0 cm³/mol. The van der Waals surface area contributed by atoms with Gasteiger partial charge in [0.25, 0.3) is 0 Å². The number of rotatable bonds is 4. The summed E-state index contributed by atoms with van der Waals surface area (Å²) in [5.41, 5.74) is 2.01. The van der Waals surface area contributed by atoms with Crippen LogP contribution < -0.4 is 9.47 Å². The Bertz CT molecular complexity index is 798. The van der Waals surface area contributed by atoms with Crippen molar-refractivity contribution in [3.05, 3.63) is 53.9 Å². The molecule has 1 amide bonds. The average Bonchev–Trinajstić information content (AvgIpc) is 3.16. The minimum Gasteiger partial charge on any atom is -0.454 e. The molecule has 2 aliphatic heterocycles. The summed E-state index contributed by atoms with van der Waals surface area (Å²) in [6, 6.07) is 9.58. The first-order chi connectivity index (χ1) is 11.7. The Kier molecular flexibility index (Phi) is 4.12. The fourth-order valence-electron chi connectivity index (χ4n) is 2.73. The van der Waals surface area contributed by atoms with Crippen LogP contribution in [0.1, 0.15) is 11.1 Å². The molecule has 1 fully saturated rings. The summed E-state index contributed by atoms with van der Waals surface area (Å²) in [4.78, 5) is 18.4. The second-order valence-electron chi connectivity index (χ2n) is 5.55. The highest BCUT2D eigenvalue weighted by molar-refractivity contribution is 8.24. The SMILES string of the molecule is O=C1[C@H](Cc2ccc3c(c2)OCO3)SC(=S)N1Cc1cccnc1. The van der Waals surface area contributed by atoms with E-state index in [4.69, 9.17) is 21.7 Å². The number of aromatic nitrogens is 1. The second kappa shape index (κ2) is 6.41. The maximum atomic E-state index is 12.7. The number of fused-ring (bicyclic) bond motifs is 1. The summed E-state index contributed by atoms with van der Waals surface area (Å²) in [7, 11) is 0. The molecule has 122 valence electrons. The number of ether oxygens (including phenoxy) is 2. The number of benzene rings is 1. The quantitative estimate of drug-likeness (QED) is 0.784. The molecule has 1 aromatic carbocycles. The number of hydrogen-bond donors (Lipinski definition) is 0. The molecule has 4 rings (SSSR count). The van der Waals surface area contributed by atoms with Gasteiger partial charge in [-0.25, -0.2) is 0 Å². The molecule has 0 saturated carbocycles. The zero-order chi connectivity index (χ0) is 16.5. The van der Waals surface area contributed by atoms with E-state index >= 15 is 0 Å². The van der Waals surface area contributed by atoms with E-state index in [0.717, 1.165) is 22.6 Å². The van der Waals surface area contributed by atoms with Crippen LogP contribution in [-0.2, 0) is 17.8 Å². The number of carbonyl (C=O) groups is 1. The minimum absolute atomic E-state index is 0.0477. The van der Waals surface area contributed by atoms with Crippen LogP contribution in [0.15, 0.2) is 42.7 Å². The molecule has 0 aliphatic carbocycles. The summed E-state index contributed by atoms with van der Waals surface area (Å²) in [5.74, 6) is 1.53. The Morgan fingerprint density at radius 3 is 2.96 bits per heavy atom.